The molecule has 3 rings (SSSR count). The van der Waals surface area contributed by atoms with Crippen molar-refractivity contribution in [1.82, 2.24) is 16.0 Å². The normalized spacial score (nSPS) is 27.5. The topological polar surface area (TPSA) is 79.5 Å². The van der Waals surface area contributed by atoms with Gasteiger partial charge in [-0.25, -0.2) is 4.79 Å². The Labute approximate surface area is 164 Å². The van der Waals surface area contributed by atoms with Crippen LogP contribution in [-0.4, -0.2) is 36.4 Å². The van der Waals surface area contributed by atoms with Crippen molar-refractivity contribution in [2.45, 2.75) is 44.8 Å². The van der Waals surface area contributed by atoms with Gasteiger partial charge >= 0.3 is 5.97 Å². The first-order valence-electron chi connectivity index (χ1n) is 9.26. The monoisotopic (exact) mass is 389 g/mol. The van der Waals surface area contributed by atoms with Crippen LogP contribution in [0.2, 0.25) is 0 Å². The largest absolute Gasteiger partial charge is 0.466 e. The van der Waals surface area contributed by atoms with Crippen molar-refractivity contribution in [3.8, 4) is 0 Å². The van der Waals surface area contributed by atoms with Crippen molar-refractivity contribution in [2.24, 2.45) is 5.92 Å². The van der Waals surface area contributed by atoms with Crippen LogP contribution in [0.4, 0.5) is 0 Å². The lowest BCUT2D eigenvalue weighted by Crippen LogP contribution is -2.67. The zero-order chi connectivity index (χ0) is 19.6. The highest BCUT2D eigenvalue weighted by atomic mass is 32.2. The zero-order valence-corrected chi connectivity index (χ0v) is 17.0. The highest BCUT2D eigenvalue weighted by Crippen LogP contribution is 2.40. The van der Waals surface area contributed by atoms with E-state index in [-0.39, 0.29) is 23.5 Å². The highest BCUT2D eigenvalue weighted by Gasteiger charge is 2.48. The van der Waals surface area contributed by atoms with Gasteiger partial charge in [0, 0.05) is 11.6 Å². The molecule has 146 valence electrons. The van der Waals surface area contributed by atoms with Gasteiger partial charge in [-0.3, -0.25) is 10.1 Å². The molecule has 0 aromatic heterocycles. The van der Waals surface area contributed by atoms with Gasteiger partial charge < -0.3 is 15.4 Å². The summed E-state index contributed by atoms with van der Waals surface area (Å²) in [6.45, 7) is 5.99. The van der Waals surface area contributed by atoms with Crippen LogP contribution in [-0.2, 0) is 14.3 Å². The fraction of sp³-hybridized carbons (Fsp3) is 0.500. The molecule has 6 nitrogen and oxygen atoms in total. The van der Waals surface area contributed by atoms with Crippen LogP contribution in [0.15, 0.2) is 35.5 Å². The molecule has 4 unspecified atom stereocenters. The number of carbonyl (C=O) groups excluding carboxylic acids is 2. The van der Waals surface area contributed by atoms with E-state index in [9.17, 15) is 9.59 Å². The van der Waals surface area contributed by atoms with Gasteiger partial charge in [-0.15, -0.1) is 11.8 Å². The van der Waals surface area contributed by atoms with Crippen molar-refractivity contribution >= 4 is 23.6 Å². The number of fused-ring (bicyclic) bond motifs is 1. The Hall–Kier alpha value is -1.99. The fourth-order valence-electron chi connectivity index (χ4n) is 3.84. The first kappa shape index (κ1) is 19.8. The Morgan fingerprint density at radius 2 is 2.04 bits per heavy atom. The molecule has 0 radical (unpaired) electrons. The Kier molecular flexibility index (Phi) is 6.11. The molecule has 1 fully saturated rings. The summed E-state index contributed by atoms with van der Waals surface area (Å²) in [6.07, 6.45) is 0.796. The molecule has 7 heteroatoms. The Morgan fingerprint density at radius 3 is 2.70 bits per heavy atom. The summed E-state index contributed by atoms with van der Waals surface area (Å²) in [5.41, 5.74) is 3.15. The van der Waals surface area contributed by atoms with Gasteiger partial charge in [0.1, 0.15) is 5.50 Å². The summed E-state index contributed by atoms with van der Waals surface area (Å²) >= 11 is 1.68. The van der Waals surface area contributed by atoms with Crippen LogP contribution < -0.4 is 16.0 Å². The Balaban J connectivity index is 2.02. The number of hydrogen-bond donors (Lipinski definition) is 3. The van der Waals surface area contributed by atoms with Gasteiger partial charge in [0.05, 0.1) is 24.8 Å². The standard InChI is InChI=1S/C20H27N3O3S/c1-5-9-27-20-22-17-16(18(24)23-20)15(13-8-6-7-11(2)10-13)14(12(3)21-17)19(25)26-4/h6-8,10,15-17,20-22H,5,9H2,1-4H3,(H,23,24). The van der Waals surface area contributed by atoms with Gasteiger partial charge in [-0.2, -0.15) is 0 Å². The number of hydrogen-bond acceptors (Lipinski definition) is 6. The summed E-state index contributed by atoms with van der Waals surface area (Å²) in [5.74, 6) is -0.310. The van der Waals surface area contributed by atoms with E-state index in [1.165, 1.54) is 7.11 Å². The number of allylic oxidation sites excluding steroid dienone is 1. The van der Waals surface area contributed by atoms with Crippen LogP contribution in [0.5, 0.6) is 0 Å². The highest BCUT2D eigenvalue weighted by molar-refractivity contribution is 7.99. The second-order valence-corrected chi connectivity index (χ2v) is 8.21. The molecule has 0 bridgehead atoms. The van der Waals surface area contributed by atoms with Crippen molar-refractivity contribution in [3.05, 3.63) is 46.7 Å². The number of benzene rings is 1. The second kappa shape index (κ2) is 8.35. The van der Waals surface area contributed by atoms with E-state index in [1.807, 2.05) is 38.1 Å². The Bertz CT molecular complexity index is 765. The number of ether oxygens (including phenoxy) is 1. The number of amides is 1. The minimum Gasteiger partial charge on any atom is -0.466 e. The smallest absolute Gasteiger partial charge is 0.336 e. The summed E-state index contributed by atoms with van der Waals surface area (Å²) in [7, 11) is 1.37. The second-order valence-electron chi connectivity index (χ2n) is 7.00. The summed E-state index contributed by atoms with van der Waals surface area (Å²) < 4.78 is 5.04. The molecule has 4 atom stereocenters. The van der Waals surface area contributed by atoms with Gasteiger partial charge in [0.2, 0.25) is 5.91 Å². The minimum atomic E-state index is -0.442. The third-order valence-electron chi connectivity index (χ3n) is 5.01. The molecule has 2 heterocycles. The average molecular weight is 390 g/mol. The van der Waals surface area contributed by atoms with Crippen molar-refractivity contribution in [1.29, 1.82) is 0 Å². The molecule has 1 saturated heterocycles. The molecular formula is C20H27N3O3S. The van der Waals surface area contributed by atoms with Crippen LogP contribution >= 0.6 is 11.8 Å². The summed E-state index contributed by atoms with van der Waals surface area (Å²) in [4.78, 5) is 25.6. The lowest BCUT2D eigenvalue weighted by molar-refractivity contribution is -0.137. The molecule has 0 aliphatic carbocycles. The van der Waals surface area contributed by atoms with E-state index in [2.05, 4.69) is 22.9 Å². The quantitative estimate of drug-likeness (QED) is 0.670. The molecule has 3 N–H and O–H groups in total. The SMILES string of the molecule is CCCSC1NC(=O)C2C(NC(C)=C(C(=O)OC)C2c2cccc(C)c2)N1. The van der Waals surface area contributed by atoms with Crippen LogP contribution in [0.1, 0.15) is 37.3 Å². The van der Waals surface area contributed by atoms with Gasteiger partial charge in [-0.1, -0.05) is 36.8 Å². The van der Waals surface area contributed by atoms with E-state index < -0.39 is 11.9 Å². The number of carbonyl (C=O) groups is 2. The van der Waals surface area contributed by atoms with Crippen molar-refractivity contribution < 1.29 is 14.3 Å². The van der Waals surface area contributed by atoms with Crippen molar-refractivity contribution in [2.75, 3.05) is 12.9 Å². The number of aryl methyl sites for hydroxylation is 1. The Morgan fingerprint density at radius 1 is 1.26 bits per heavy atom. The summed E-state index contributed by atoms with van der Waals surface area (Å²) in [5, 5.41) is 9.86. The van der Waals surface area contributed by atoms with Gasteiger partial charge in [0.25, 0.3) is 0 Å². The number of methoxy groups -OCH3 is 1. The molecule has 0 saturated carbocycles. The van der Waals surface area contributed by atoms with E-state index in [0.29, 0.717) is 5.57 Å². The van der Waals surface area contributed by atoms with Crippen LogP contribution in [0.3, 0.4) is 0 Å². The number of thioether (sulfide) groups is 1. The number of esters is 1. The molecule has 1 aromatic rings. The number of rotatable bonds is 5. The molecule has 2 aliphatic heterocycles. The van der Waals surface area contributed by atoms with E-state index in [0.717, 1.165) is 29.0 Å². The molecular weight excluding hydrogens is 362 g/mol. The molecule has 0 spiro atoms. The third kappa shape index (κ3) is 3.99. The van der Waals surface area contributed by atoms with E-state index in [4.69, 9.17) is 4.74 Å². The summed E-state index contributed by atoms with van der Waals surface area (Å²) in [6, 6.07) is 7.98. The van der Waals surface area contributed by atoms with Crippen molar-refractivity contribution in [3.63, 3.8) is 0 Å². The average Bonchev–Trinajstić information content (AvgIpc) is 2.64. The maximum atomic E-state index is 13.1. The first-order valence-corrected chi connectivity index (χ1v) is 10.3. The molecule has 2 aliphatic rings. The van der Waals surface area contributed by atoms with Gasteiger partial charge in [-0.05, 0) is 31.6 Å². The van der Waals surface area contributed by atoms with E-state index >= 15 is 0 Å². The zero-order valence-electron chi connectivity index (χ0n) is 16.2. The molecule has 27 heavy (non-hydrogen) atoms. The fourth-order valence-corrected chi connectivity index (χ4v) is 4.75. The predicted octanol–water partition coefficient (Wildman–Crippen LogP) is 2.22. The minimum absolute atomic E-state index is 0.0553. The third-order valence-corrected chi connectivity index (χ3v) is 6.24. The molecule has 1 amide bonds. The van der Waals surface area contributed by atoms with E-state index in [1.54, 1.807) is 11.8 Å². The lowest BCUT2D eigenvalue weighted by atomic mass is 9.74. The maximum absolute atomic E-state index is 13.1. The maximum Gasteiger partial charge on any atom is 0.336 e. The number of nitrogens with one attached hydrogen (secondary N) is 3. The first-order chi connectivity index (χ1) is 13.0. The van der Waals surface area contributed by atoms with Crippen LogP contribution in [0.25, 0.3) is 0 Å². The van der Waals surface area contributed by atoms with Gasteiger partial charge in [0.15, 0.2) is 0 Å². The predicted molar refractivity (Wildman–Crippen MR) is 107 cm³/mol. The lowest BCUT2D eigenvalue weighted by Gasteiger charge is -2.45. The van der Waals surface area contributed by atoms with Crippen LogP contribution in [0, 0.1) is 12.8 Å². The molecule has 1 aromatic carbocycles.